The highest BCUT2D eigenvalue weighted by molar-refractivity contribution is 7.89. The summed E-state index contributed by atoms with van der Waals surface area (Å²) in [7, 11) is -3.71. The van der Waals surface area contributed by atoms with Gasteiger partial charge in [-0.15, -0.1) is 0 Å². The molecule has 1 amide bonds. The number of sulfonamides is 1. The molecule has 0 saturated carbocycles. The number of rotatable bonds is 10. The highest BCUT2D eigenvalue weighted by Gasteiger charge is 2.32. The standard InChI is InChI=1S/C26H37N3O4S/c1-5-28(6-2)24(15-22-11-8-7-9-12-22)17-27-26(30)23-13-10-14-25(16-23)34(31,32)29-18-20(3)33-21(4)19-29/h7-14,16,20-21,24H,5-6,15,17-19H2,1-4H3,(H,27,30). The maximum atomic E-state index is 13.2. The summed E-state index contributed by atoms with van der Waals surface area (Å²) in [5, 5.41) is 3.03. The summed E-state index contributed by atoms with van der Waals surface area (Å²) >= 11 is 0. The Hall–Kier alpha value is -2.26. The number of amides is 1. The van der Waals surface area contributed by atoms with E-state index in [1.54, 1.807) is 18.2 Å². The molecule has 2 aromatic rings. The zero-order valence-corrected chi connectivity index (χ0v) is 21.4. The minimum absolute atomic E-state index is 0.131. The molecule has 34 heavy (non-hydrogen) atoms. The highest BCUT2D eigenvalue weighted by atomic mass is 32.2. The van der Waals surface area contributed by atoms with Crippen molar-refractivity contribution in [1.82, 2.24) is 14.5 Å². The second-order valence-corrected chi connectivity index (χ2v) is 10.8. The summed E-state index contributed by atoms with van der Waals surface area (Å²) in [6, 6.07) is 16.7. The van der Waals surface area contributed by atoms with Gasteiger partial charge in [-0.05, 0) is 57.1 Å². The van der Waals surface area contributed by atoms with Gasteiger partial charge in [0.1, 0.15) is 0 Å². The molecule has 0 aliphatic carbocycles. The quantitative estimate of drug-likeness (QED) is 0.557. The Kier molecular flexibility index (Phi) is 9.24. The predicted molar refractivity (Wildman–Crippen MR) is 134 cm³/mol. The van der Waals surface area contributed by atoms with Crippen molar-refractivity contribution in [2.75, 3.05) is 32.7 Å². The number of hydrogen-bond acceptors (Lipinski definition) is 5. The van der Waals surface area contributed by atoms with Crippen molar-refractivity contribution in [3.05, 3.63) is 65.7 Å². The molecular weight excluding hydrogens is 450 g/mol. The third-order valence-corrected chi connectivity index (χ3v) is 8.09. The third-order valence-electron chi connectivity index (χ3n) is 6.26. The van der Waals surface area contributed by atoms with Crippen LogP contribution in [-0.2, 0) is 21.2 Å². The zero-order chi connectivity index (χ0) is 24.7. The lowest BCUT2D eigenvalue weighted by atomic mass is 10.0. The summed E-state index contributed by atoms with van der Waals surface area (Å²) in [6.45, 7) is 10.8. The van der Waals surface area contributed by atoms with E-state index in [4.69, 9.17) is 4.74 Å². The van der Waals surface area contributed by atoms with Gasteiger partial charge in [-0.3, -0.25) is 9.69 Å². The van der Waals surface area contributed by atoms with Gasteiger partial charge in [0.25, 0.3) is 5.91 Å². The Morgan fingerprint density at radius 1 is 1.06 bits per heavy atom. The summed E-state index contributed by atoms with van der Waals surface area (Å²) in [5.41, 5.74) is 1.56. The largest absolute Gasteiger partial charge is 0.373 e. The monoisotopic (exact) mass is 487 g/mol. The molecule has 1 aliphatic heterocycles. The first-order valence-corrected chi connectivity index (χ1v) is 13.5. The second-order valence-electron chi connectivity index (χ2n) is 8.88. The minimum atomic E-state index is -3.71. The van der Waals surface area contributed by atoms with Crippen LogP contribution < -0.4 is 5.32 Å². The molecule has 0 bridgehead atoms. The van der Waals surface area contributed by atoms with E-state index < -0.39 is 10.0 Å². The topological polar surface area (TPSA) is 79.0 Å². The molecule has 1 fully saturated rings. The molecule has 8 heteroatoms. The van der Waals surface area contributed by atoms with E-state index in [9.17, 15) is 13.2 Å². The number of nitrogens with one attached hydrogen (secondary N) is 1. The maximum Gasteiger partial charge on any atom is 0.251 e. The lowest BCUT2D eigenvalue weighted by Gasteiger charge is -2.34. The van der Waals surface area contributed by atoms with Crippen LogP contribution in [0.4, 0.5) is 0 Å². The maximum absolute atomic E-state index is 13.2. The molecule has 1 heterocycles. The van der Waals surface area contributed by atoms with E-state index in [-0.39, 0.29) is 29.1 Å². The van der Waals surface area contributed by atoms with Crippen LogP contribution in [0.2, 0.25) is 0 Å². The van der Waals surface area contributed by atoms with Crippen molar-refractivity contribution in [2.24, 2.45) is 0 Å². The molecule has 0 spiro atoms. The number of carbonyl (C=O) groups is 1. The number of carbonyl (C=O) groups excluding carboxylic acids is 1. The van der Waals surface area contributed by atoms with Crippen molar-refractivity contribution in [1.29, 1.82) is 0 Å². The van der Waals surface area contributed by atoms with E-state index in [1.165, 1.54) is 15.9 Å². The Morgan fingerprint density at radius 2 is 1.71 bits per heavy atom. The highest BCUT2D eigenvalue weighted by Crippen LogP contribution is 2.22. The van der Waals surface area contributed by atoms with Crippen molar-refractivity contribution < 1.29 is 17.9 Å². The Bertz CT molecular complexity index is 1030. The number of nitrogens with zero attached hydrogens (tertiary/aromatic N) is 2. The number of likely N-dealkylation sites (N-methyl/N-ethyl adjacent to an activating group) is 1. The molecule has 3 atom stereocenters. The van der Waals surface area contributed by atoms with Gasteiger partial charge in [-0.2, -0.15) is 4.31 Å². The normalized spacial score (nSPS) is 20.3. The molecule has 1 aliphatic rings. The first-order valence-electron chi connectivity index (χ1n) is 12.1. The molecule has 7 nitrogen and oxygen atoms in total. The first-order chi connectivity index (χ1) is 16.2. The molecule has 1 N–H and O–H groups in total. The molecule has 2 aromatic carbocycles. The second kappa shape index (κ2) is 11.9. The smallest absolute Gasteiger partial charge is 0.251 e. The van der Waals surface area contributed by atoms with Crippen LogP contribution in [0.15, 0.2) is 59.5 Å². The molecule has 1 saturated heterocycles. The Morgan fingerprint density at radius 3 is 2.32 bits per heavy atom. The van der Waals surface area contributed by atoms with Gasteiger partial charge in [0.2, 0.25) is 10.0 Å². The SMILES string of the molecule is CCN(CC)C(CNC(=O)c1cccc(S(=O)(=O)N2CC(C)OC(C)C2)c1)Cc1ccccc1. The summed E-state index contributed by atoms with van der Waals surface area (Å²) in [4.78, 5) is 15.5. The number of hydrogen-bond donors (Lipinski definition) is 1. The van der Waals surface area contributed by atoms with E-state index in [0.29, 0.717) is 25.2 Å². The molecule has 186 valence electrons. The van der Waals surface area contributed by atoms with Crippen LogP contribution in [0.5, 0.6) is 0 Å². The Labute approximate surface area is 204 Å². The third kappa shape index (κ3) is 6.66. The van der Waals surface area contributed by atoms with Crippen molar-refractivity contribution >= 4 is 15.9 Å². The summed E-state index contributed by atoms with van der Waals surface area (Å²) < 4.78 is 33.6. The minimum Gasteiger partial charge on any atom is -0.373 e. The predicted octanol–water partition coefficient (Wildman–Crippen LogP) is 3.17. The average molecular weight is 488 g/mol. The van der Waals surface area contributed by atoms with E-state index >= 15 is 0 Å². The van der Waals surface area contributed by atoms with Crippen LogP contribution in [0.1, 0.15) is 43.6 Å². The average Bonchev–Trinajstić information content (AvgIpc) is 2.83. The van der Waals surface area contributed by atoms with Gasteiger partial charge in [-0.1, -0.05) is 50.2 Å². The van der Waals surface area contributed by atoms with Crippen molar-refractivity contribution in [2.45, 2.75) is 57.3 Å². The molecule has 3 rings (SSSR count). The van der Waals surface area contributed by atoms with Gasteiger partial charge in [0, 0.05) is 31.2 Å². The molecular formula is C26H37N3O4S. The van der Waals surface area contributed by atoms with Crippen LogP contribution in [0.3, 0.4) is 0 Å². The van der Waals surface area contributed by atoms with Gasteiger partial charge < -0.3 is 10.1 Å². The lowest BCUT2D eigenvalue weighted by molar-refractivity contribution is -0.0440. The molecule has 0 aromatic heterocycles. The molecule has 3 unspecified atom stereocenters. The zero-order valence-electron chi connectivity index (χ0n) is 20.6. The lowest BCUT2D eigenvalue weighted by Crippen LogP contribution is -2.48. The number of benzene rings is 2. The first kappa shape index (κ1) is 26.3. The van der Waals surface area contributed by atoms with Gasteiger partial charge >= 0.3 is 0 Å². The van der Waals surface area contributed by atoms with Gasteiger partial charge in [0.15, 0.2) is 0 Å². The summed E-state index contributed by atoms with van der Waals surface area (Å²) in [5.74, 6) is -0.272. The van der Waals surface area contributed by atoms with Crippen molar-refractivity contribution in [3.63, 3.8) is 0 Å². The van der Waals surface area contributed by atoms with Crippen LogP contribution >= 0.6 is 0 Å². The summed E-state index contributed by atoms with van der Waals surface area (Å²) in [6.07, 6.45) is 0.475. The number of ether oxygens (including phenoxy) is 1. The molecule has 0 radical (unpaired) electrons. The Balaban J connectivity index is 1.72. The van der Waals surface area contributed by atoms with E-state index in [0.717, 1.165) is 19.5 Å². The fraction of sp³-hybridized carbons (Fsp3) is 0.500. The van der Waals surface area contributed by atoms with Gasteiger partial charge in [0.05, 0.1) is 17.1 Å². The van der Waals surface area contributed by atoms with Crippen LogP contribution in [0.25, 0.3) is 0 Å². The van der Waals surface area contributed by atoms with Crippen molar-refractivity contribution in [3.8, 4) is 0 Å². The van der Waals surface area contributed by atoms with Gasteiger partial charge in [-0.25, -0.2) is 8.42 Å². The fourth-order valence-electron chi connectivity index (χ4n) is 4.54. The van der Waals surface area contributed by atoms with Crippen LogP contribution in [0, 0.1) is 0 Å². The fourth-order valence-corrected chi connectivity index (χ4v) is 6.18. The van der Waals surface area contributed by atoms with Crippen LogP contribution in [-0.4, -0.2) is 74.5 Å². The van der Waals surface area contributed by atoms with E-state index in [1.807, 2.05) is 32.0 Å². The van der Waals surface area contributed by atoms with E-state index in [2.05, 4.69) is 36.2 Å². The number of morpholine rings is 1.